The topological polar surface area (TPSA) is 49.8 Å². The number of para-hydroxylation sites is 1. The van der Waals surface area contributed by atoms with Gasteiger partial charge in [-0.05, 0) is 25.0 Å². The van der Waals surface area contributed by atoms with Crippen molar-refractivity contribution in [2.24, 2.45) is 0 Å². The lowest BCUT2D eigenvalue weighted by Crippen LogP contribution is -2.35. The molecule has 0 aromatic heterocycles. The molecule has 1 N–H and O–H groups in total. The second kappa shape index (κ2) is 6.46. The Morgan fingerprint density at radius 3 is 2.53 bits per heavy atom. The number of rotatable bonds is 7. The Balaban J connectivity index is 1.86. The van der Waals surface area contributed by atoms with Crippen LogP contribution in [0.25, 0.3) is 0 Å². The van der Waals surface area contributed by atoms with E-state index >= 15 is 0 Å². The Morgan fingerprint density at radius 1 is 1.37 bits per heavy atom. The molecule has 0 spiro atoms. The lowest BCUT2D eigenvalue weighted by atomic mass is 10.3. The number of carbonyl (C=O) groups is 1. The molecular weight excluding hydrogens is 289 g/mol. The minimum atomic E-state index is -0.817. The van der Waals surface area contributed by atoms with Gasteiger partial charge in [0.05, 0.1) is 16.6 Å². The van der Waals surface area contributed by atoms with Crippen LogP contribution in [0.5, 0.6) is 5.75 Å². The van der Waals surface area contributed by atoms with Crippen LogP contribution in [-0.4, -0.2) is 41.7 Å². The molecule has 0 heterocycles. The highest BCUT2D eigenvalue weighted by atomic mass is 35.5. The second-order valence-electron chi connectivity index (χ2n) is 4.49. The number of carboxylic acids is 1. The van der Waals surface area contributed by atoms with E-state index in [0.717, 1.165) is 12.8 Å². The third kappa shape index (κ3) is 4.27. The molecule has 6 heteroatoms. The van der Waals surface area contributed by atoms with Gasteiger partial charge in [0.1, 0.15) is 6.61 Å². The number of aliphatic carboxylic acids is 1. The summed E-state index contributed by atoms with van der Waals surface area (Å²) in [5.74, 6) is -0.361. The van der Waals surface area contributed by atoms with E-state index in [1.165, 1.54) is 0 Å². The molecule has 19 heavy (non-hydrogen) atoms. The molecule has 104 valence electrons. The summed E-state index contributed by atoms with van der Waals surface area (Å²) < 4.78 is 5.56. The third-order valence-corrected chi connectivity index (χ3v) is 3.54. The van der Waals surface area contributed by atoms with Crippen LogP contribution in [0.3, 0.4) is 0 Å². The largest absolute Gasteiger partial charge is 0.489 e. The maximum atomic E-state index is 10.8. The van der Waals surface area contributed by atoms with E-state index in [-0.39, 0.29) is 6.54 Å². The smallest absolute Gasteiger partial charge is 0.317 e. The van der Waals surface area contributed by atoms with Gasteiger partial charge in [-0.25, -0.2) is 0 Å². The van der Waals surface area contributed by atoms with Crippen molar-refractivity contribution >= 4 is 29.2 Å². The molecule has 0 amide bonds. The highest BCUT2D eigenvalue weighted by Crippen LogP contribution is 2.32. The molecule has 1 aromatic carbocycles. The van der Waals surface area contributed by atoms with E-state index < -0.39 is 5.97 Å². The minimum Gasteiger partial charge on any atom is -0.489 e. The van der Waals surface area contributed by atoms with Crippen molar-refractivity contribution in [2.75, 3.05) is 19.7 Å². The molecule has 1 fully saturated rings. The van der Waals surface area contributed by atoms with E-state index in [2.05, 4.69) is 0 Å². The van der Waals surface area contributed by atoms with Gasteiger partial charge in [-0.2, -0.15) is 0 Å². The van der Waals surface area contributed by atoms with Gasteiger partial charge in [-0.3, -0.25) is 9.69 Å². The van der Waals surface area contributed by atoms with Crippen LogP contribution in [0.1, 0.15) is 12.8 Å². The third-order valence-electron chi connectivity index (χ3n) is 2.95. The van der Waals surface area contributed by atoms with Crippen molar-refractivity contribution in [3.63, 3.8) is 0 Å². The first-order valence-electron chi connectivity index (χ1n) is 6.10. The maximum absolute atomic E-state index is 10.8. The fraction of sp³-hybridized carbons (Fsp3) is 0.462. The molecule has 1 aliphatic rings. The monoisotopic (exact) mass is 303 g/mol. The molecule has 1 aromatic rings. The first kappa shape index (κ1) is 14.4. The number of hydrogen-bond acceptors (Lipinski definition) is 3. The molecule has 0 atom stereocenters. The molecule has 0 bridgehead atoms. The van der Waals surface area contributed by atoms with Crippen molar-refractivity contribution < 1.29 is 14.6 Å². The number of hydrogen-bond donors (Lipinski definition) is 1. The van der Waals surface area contributed by atoms with Gasteiger partial charge < -0.3 is 9.84 Å². The number of halogens is 2. The molecule has 4 nitrogen and oxygen atoms in total. The summed E-state index contributed by atoms with van der Waals surface area (Å²) in [5, 5.41) is 9.76. The Hall–Kier alpha value is -0.970. The van der Waals surface area contributed by atoms with Crippen LogP contribution in [0.4, 0.5) is 0 Å². The fourth-order valence-electron chi connectivity index (χ4n) is 1.89. The molecule has 1 saturated carbocycles. The minimum absolute atomic E-state index is 0.0459. The summed E-state index contributed by atoms with van der Waals surface area (Å²) in [6.45, 7) is 0.968. The first-order chi connectivity index (χ1) is 9.08. The van der Waals surface area contributed by atoms with Gasteiger partial charge in [0.15, 0.2) is 5.75 Å². The summed E-state index contributed by atoms with van der Waals surface area (Å²) in [6.07, 6.45) is 2.11. The normalized spacial score (nSPS) is 14.7. The van der Waals surface area contributed by atoms with Crippen LogP contribution in [0.15, 0.2) is 18.2 Å². The predicted molar refractivity (Wildman–Crippen MR) is 74.2 cm³/mol. The SMILES string of the molecule is O=C(O)CN(CCOc1c(Cl)cccc1Cl)C1CC1. The molecule has 0 aliphatic heterocycles. The molecule has 0 unspecified atom stereocenters. The molecule has 1 aliphatic carbocycles. The Labute approximate surface area is 121 Å². The fourth-order valence-corrected chi connectivity index (χ4v) is 2.40. The highest BCUT2D eigenvalue weighted by molar-refractivity contribution is 6.37. The van der Waals surface area contributed by atoms with Gasteiger partial charge in [0.25, 0.3) is 0 Å². The predicted octanol–water partition coefficient (Wildman–Crippen LogP) is 2.92. The van der Waals surface area contributed by atoms with Gasteiger partial charge in [0, 0.05) is 12.6 Å². The lowest BCUT2D eigenvalue weighted by molar-refractivity contribution is -0.138. The van der Waals surface area contributed by atoms with Crippen LogP contribution >= 0.6 is 23.2 Å². The maximum Gasteiger partial charge on any atom is 0.317 e. The van der Waals surface area contributed by atoms with Crippen molar-refractivity contribution in [3.8, 4) is 5.75 Å². The van der Waals surface area contributed by atoms with Crippen LogP contribution < -0.4 is 4.74 Å². The van der Waals surface area contributed by atoms with E-state index in [1.807, 2.05) is 4.90 Å². The number of nitrogens with zero attached hydrogens (tertiary/aromatic N) is 1. The molecular formula is C13H15Cl2NO3. The van der Waals surface area contributed by atoms with E-state index in [4.69, 9.17) is 33.0 Å². The zero-order valence-corrected chi connectivity index (χ0v) is 11.8. The average Bonchev–Trinajstić information content (AvgIpc) is 3.15. The van der Waals surface area contributed by atoms with E-state index in [1.54, 1.807) is 18.2 Å². The van der Waals surface area contributed by atoms with Crippen LogP contribution in [0, 0.1) is 0 Å². The average molecular weight is 304 g/mol. The summed E-state index contributed by atoms with van der Waals surface area (Å²) >= 11 is 12.0. The van der Waals surface area contributed by atoms with E-state index in [0.29, 0.717) is 35.0 Å². The van der Waals surface area contributed by atoms with Gasteiger partial charge >= 0.3 is 5.97 Å². The zero-order valence-electron chi connectivity index (χ0n) is 10.3. The summed E-state index contributed by atoms with van der Waals surface area (Å²) in [4.78, 5) is 12.7. The van der Waals surface area contributed by atoms with Gasteiger partial charge in [-0.15, -0.1) is 0 Å². The number of carboxylic acid groups (broad SMARTS) is 1. The Kier molecular flexibility index (Phi) is 4.91. The van der Waals surface area contributed by atoms with Crippen molar-refractivity contribution in [1.29, 1.82) is 0 Å². The van der Waals surface area contributed by atoms with Crippen molar-refractivity contribution in [2.45, 2.75) is 18.9 Å². The van der Waals surface area contributed by atoms with Gasteiger partial charge in [-0.1, -0.05) is 29.3 Å². The summed E-state index contributed by atoms with van der Waals surface area (Å²) in [5.41, 5.74) is 0. The van der Waals surface area contributed by atoms with Crippen LogP contribution in [0.2, 0.25) is 10.0 Å². The standard InChI is InChI=1S/C13H15Cl2NO3/c14-10-2-1-3-11(15)13(10)19-7-6-16(8-12(17)18)9-4-5-9/h1-3,9H,4-8H2,(H,17,18). The van der Waals surface area contributed by atoms with Gasteiger partial charge in [0.2, 0.25) is 0 Å². The first-order valence-corrected chi connectivity index (χ1v) is 6.86. The van der Waals surface area contributed by atoms with Crippen LogP contribution in [-0.2, 0) is 4.79 Å². The van der Waals surface area contributed by atoms with Crippen molar-refractivity contribution in [1.82, 2.24) is 4.90 Å². The Bertz CT molecular complexity index is 443. The zero-order chi connectivity index (χ0) is 13.8. The van der Waals surface area contributed by atoms with Crippen molar-refractivity contribution in [3.05, 3.63) is 28.2 Å². The number of benzene rings is 1. The summed E-state index contributed by atoms with van der Waals surface area (Å²) in [6, 6.07) is 5.54. The molecule has 2 rings (SSSR count). The Morgan fingerprint density at radius 2 is 2.00 bits per heavy atom. The lowest BCUT2D eigenvalue weighted by Gasteiger charge is -2.20. The molecule has 0 saturated heterocycles. The highest BCUT2D eigenvalue weighted by Gasteiger charge is 2.30. The quantitative estimate of drug-likeness (QED) is 0.841. The summed E-state index contributed by atoms with van der Waals surface area (Å²) in [7, 11) is 0. The second-order valence-corrected chi connectivity index (χ2v) is 5.31. The number of ether oxygens (including phenoxy) is 1. The molecule has 0 radical (unpaired) electrons. The van der Waals surface area contributed by atoms with E-state index in [9.17, 15) is 4.79 Å².